The minimum absolute atomic E-state index is 0.506. The van der Waals surface area contributed by atoms with Gasteiger partial charge in [-0.2, -0.15) is 0 Å². The summed E-state index contributed by atoms with van der Waals surface area (Å²) in [5.41, 5.74) is 1.58. The summed E-state index contributed by atoms with van der Waals surface area (Å²) < 4.78 is 0. The summed E-state index contributed by atoms with van der Waals surface area (Å²) in [5.74, 6) is 2.98. The van der Waals surface area contributed by atoms with Gasteiger partial charge in [-0.25, -0.2) is 0 Å². The molecular weight excluding hydrogens is 300 g/mol. The average Bonchev–Trinajstić information content (AvgIpc) is 2.52. The molecule has 4 fully saturated rings. The Bertz CT molecular complexity index is 533. The summed E-state index contributed by atoms with van der Waals surface area (Å²) >= 11 is 5.61. The highest BCUT2D eigenvalue weighted by Crippen LogP contribution is 2.61. The van der Waals surface area contributed by atoms with Crippen LogP contribution in [0.5, 0.6) is 0 Å². The molecule has 1 atom stereocenters. The Hall–Kier alpha value is -1.09. The second kappa shape index (κ2) is 6.08. The lowest BCUT2D eigenvalue weighted by Crippen LogP contribution is -2.57. The highest BCUT2D eigenvalue weighted by atomic mass is 32.1. The average molecular weight is 329 g/mol. The van der Waals surface area contributed by atoms with Gasteiger partial charge in [0.2, 0.25) is 0 Å². The first-order chi connectivity index (χ1) is 11.2. The van der Waals surface area contributed by atoms with Gasteiger partial charge in [-0.1, -0.05) is 25.1 Å². The van der Waals surface area contributed by atoms with Crippen LogP contribution in [0.1, 0.15) is 51.9 Å². The molecule has 4 aliphatic carbocycles. The third-order valence-corrected chi connectivity index (χ3v) is 6.79. The first-order valence-electron chi connectivity index (χ1n) is 9.29. The van der Waals surface area contributed by atoms with Gasteiger partial charge in [-0.3, -0.25) is 0 Å². The molecule has 4 saturated carbocycles. The molecule has 1 aromatic carbocycles. The van der Waals surface area contributed by atoms with Crippen LogP contribution in [0.15, 0.2) is 30.3 Å². The van der Waals surface area contributed by atoms with Crippen LogP contribution in [-0.4, -0.2) is 11.2 Å². The molecule has 3 heteroatoms. The second-order valence-corrected chi connectivity index (χ2v) is 8.61. The summed E-state index contributed by atoms with van der Waals surface area (Å²) in [6, 6.07) is 10.8. The lowest BCUT2D eigenvalue weighted by atomic mass is 9.47. The third-order valence-electron chi connectivity index (χ3n) is 6.57. The van der Waals surface area contributed by atoms with E-state index >= 15 is 0 Å². The summed E-state index contributed by atoms with van der Waals surface area (Å²) in [6.45, 7) is 2.32. The van der Waals surface area contributed by atoms with E-state index in [0.29, 0.717) is 11.5 Å². The molecule has 1 aromatic rings. The van der Waals surface area contributed by atoms with Gasteiger partial charge in [0.05, 0.1) is 0 Å². The normalized spacial score (nSPS) is 35.8. The third kappa shape index (κ3) is 3.00. The first-order valence-corrected chi connectivity index (χ1v) is 9.70. The maximum Gasteiger partial charge on any atom is 0.171 e. The zero-order chi connectivity index (χ0) is 15.9. The Balaban J connectivity index is 1.45. The van der Waals surface area contributed by atoms with Crippen molar-refractivity contribution in [2.45, 2.75) is 57.9 Å². The fourth-order valence-electron chi connectivity index (χ4n) is 6.14. The fraction of sp³-hybridized carbons (Fsp3) is 0.650. The highest BCUT2D eigenvalue weighted by Gasteiger charge is 2.53. The van der Waals surface area contributed by atoms with Crippen LogP contribution in [0.4, 0.5) is 5.69 Å². The minimum atomic E-state index is 0.506. The number of rotatable bonds is 4. The van der Waals surface area contributed by atoms with Crippen molar-refractivity contribution in [3.05, 3.63) is 30.3 Å². The van der Waals surface area contributed by atoms with Crippen molar-refractivity contribution in [1.29, 1.82) is 0 Å². The van der Waals surface area contributed by atoms with Crippen molar-refractivity contribution in [2.24, 2.45) is 23.2 Å². The molecular formula is C20H28N2S. The number of para-hydroxylation sites is 1. The van der Waals surface area contributed by atoms with Crippen molar-refractivity contribution in [3.63, 3.8) is 0 Å². The number of anilines is 1. The summed E-state index contributed by atoms with van der Waals surface area (Å²) in [7, 11) is 0. The van der Waals surface area contributed by atoms with Crippen molar-refractivity contribution >= 4 is 23.0 Å². The van der Waals surface area contributed by atoms with E-state index in [-0.39, 0.29) is 0 Å². The molecule has 0 spiro atoms. The Labute approximate surface area is 145 Å². The molecule has 124 valence electrons. The molecule has 0 heterocycles. The van der Waals surface area contributed by atoms with Gasteiger partial charge in [0.1, 0.15) is 0 Å². The SMILES string of the molecule is CCC(NC(=S)Nc1ccccc1)C12CC3CC(CC(C3)C1)C2. The molecule has 4 bridgehead atoms. The van der Waals surface area contributed by atoms with Gasteiger partial charge in [0.25, 0.3) is 0 Å². The van der Waals surface area contributed by atoms with Crippen LogP contribution < -0.4 is 10.6 Å². The maximum absolute atomic E-state index is 5.61. The molecule has 0 radical (unpaired) electrons. The monoisotopic (exact) mass is 328 g/mol. The molecule has 0 amide bonds. The predicted octanol–water partition coefficient (Wildman–Crippen LogP) is 4.97. The number of hydrogen-bond acceptors (Lipinski definition) is 1. The van der Waals surface area contributed by atoms with Crippen LogP contribution >= 0.6 is 12.2 Å². The minimum Gasteiger partial charge on any atom is -0.359 e. The van der Waals surface area contributed by atoms with Gasteiger partial charge in [-0.05, 0) is 92.5 Å². The zero-order valence-electron chi connectivity index (χ0n) is 14.1. The van der Waals surface area contributed by atoms with E-state index in [2.05, 4.69) is 29.7 Å². The van der Waals surface area contributed by atoms with Crippen LogP contribution in [0, 0.1) is 23.2 Å². The Morgan fingerprint density at radius 2 is 1.65 bits per heavy atom. The van der Waals surface area contributed by atoms with Gasteiger partial charge in [0.15, 0.2) is 5.11 Å². The molecule has 4 aliphatic rings. The summed E-state index contributed by atoms with van der Waals surface area (Å²) in [6.07, 6.45) is 9.96. The topological polar surface area (TPSA) is 24.1 Å². The van der Waals surface area contributed by atoms with Gasteiger partial charge < -0.3 is 10.6 Å². The summed E-state index contributed by atoms with van der Waals surface area (Å²) in [5, 5.41) is 7.84. The maximum atomic E-state index is 5.61. The first kappa shape index (κ1) is 15.4. The van der Waals surface area contributed by atoms with E-state index in [0.717, 1.165) is 28.6 Å². The summed E-state index contributed by atoms with van der Waals surface area (Å²) in [4.78, 5) is 0. The van der Waals surface area contributed by atoms with Crippen molar-refractivity contribution in [3.8, 4) is 0 Å². The number of nitrogens with one attached hydrogen (secondary N) is 2. The zero-order valence-corrected chi connectivity index (χ0v) is 14.9. The molecule has 5 rings (SSSR count). The van der Waals surface area contributed by atoms with Crippen molar-refractivity contribution in [1.82, 2.24) is 5.32 Å². The molecule has 0 aliphatic heterocycles. The molecule has 0 saturated heterocycles. The van der Waals surface area contributed by atoms with E-state index in [1.165, 1.54) is 44.9 Å². The fourth-order valence-corrected chi connectivity index (χ4v) is 6.40. The quantitative estimate of drug-likeness (QED) is 0.763. The highest BCUT2D eigenvalue weighted by molar-refractivity contribution is 7.80. The van der Waals surface area contributed by atoms with Gasteiger partial charge in [-0.15, -0.1) is 0 Å². The van der Waals surface area contributed by atoms with E-state index in [4.69, 9.17) is 12.2 Å². The Morgan fingerprint density at radius 3 is 2.17 bits per heavy atom. The Morgan fingerprint density at radius 1 is 1.09 bits per heavy atom. The van der Waals surface area contributed by atoms with E-state index in [9.17, 15) is 0 Å². The number of thiocarbonyl (C=S) groups is 1. The molecule has 1 unspecified atom stereocenters. The van der Waals surface area contributed by atoms with Gasteiger partial charge in [0, 0.05) is 11.7 Å². The standard InChI is InChI=1S/C20H28N2S/c1-2-18(22-19(23)21-17-6-4-3-5-7-17)20-11-14-8-15(12-20)10-16(9-14)13-20/h3-7,14-16,18H,2,8-13H2,1H3,(H2,21,22,23). The van der Waals surface area contributed by atoms with Crippen molar-refractivity contribution < 1.29 is 0 Å². The largest absolute Gasteiger partial charge is 0.359 e. The molecule has 2 N–H and O–H groups in total. The Kier molecular flexibility index (Phi) is 4.08. The van der Waals surface area contributed by atoms with E-state index in [1.54, 1.807) is 0 Å². The smallest absolute Gasteiger partial charge is 0.171 e. The van der Waals surface area contributed by atoms with Crippen LogP contribution in [-0.2, 0) is 0 Å². The molecule has 23 heavy (non-hydrogen) atoms. The van der Waals surface area contributed by atoms with Gasteiger partial charge >= 0.3 is 0 Å². The van der Waals surface area contributed by atoms with Crippen LogP contribution in [0.3, 0.4) is 0 Å². The lowest BCUT2D eigenvalue weighted by molar-refractivity contribution is -0.0709. The number of hydrogen-bond donors (Lipinski definition) is 2. The van der Waals surface area contributed by atoms with Crippen LogP contribution in [0.2, 0.25) is 0 Å². The van der Waals surface area contributed by atoms with Crippen molar-refractivity contribution in [2.75, 3.05) is 5.32 Å². The predicted molar refractivity (Wildman–Crippen MR) is 100 cm³/mol. The molecule has 0 aromatic heterocycles. The lowest BCUT2D eigenvalue weighted by Gasteiger charge is -2.59. The second-order valence-electron chi connectivity index (χ2n) is 8.21. The van der Waals surface area contributed by atoms with E-state index in [1.807, 2.05) is 18.2 Å². The van der Waals surface area contributed by atoms with Crippen LogP contribution in [0.25, 0.3) is 0 Å². The van der Waals surface area contributed by atoms with E-state index < -0.39 is 0 Å². The number of benzene rings is 1. The molecule has 2 nitrogen and oxygen atoms in total.